The number of halogens is 6. The number of phenols is 1. The molecule has 104 valence electrons. The van der Waals surface area contributed by atoms with Crippen LogP contribution in [0, 0.1) is 0 Å². The van der Waals surface area contributed by atoms with Gasteiger partial charge in [-0.25, -0.2) is 0 Å². The summed E-state index contributed by atoms with van der Waals surface area (Å²) in [4.78, 5) is 0. The smallest absolute Gasteiger partial charge is 0.420 e. The van der Waals surface area contributed by atoms with Crippen molar-refractivity contribution in [2.45, 2.75) is 26.2 Å². The third-order valence-corrected chi connectivity index (χ3v) is 1.77. The van der Waals surface area contributed by atoms with E-state index in [2.05, 4.69) is 0 Å². The van der Waals surface area contributed by atoms with Gasteiger partial charge < -0.3 is 10.8 Å². The van der Waals surface area contributed by atoms with Gasteiger partial charge in [-0.3, -0.25) is 0 Å². The van der Waals surface area contributed by atoms with Gasteiger partial charge in [0, 0.05) is 0 Å². The van der Waals surface area contributed by atoms with Crippen molar-refractivity contribution in [1.29, 1.82) is 0 Å². The van der Waals surface area contributed by atoms with Gasteiger partial charge >= 0.3 is 12.4 Å². The summed E-state index contributed by atoms with van der Waals surface area (Å²) in [6.45, 7) is 4.00. The monoisotopic (exact) mass is 275 g/mol. The zero-order valence-corrected chi connectivity index (χ0v) is 9.45. The second-order valence-corrected chi connectivity index (χ2v) is 2.96. The first-order chi connectivity index (χ1) is 8.03. The van der Waals surface area contributed by atoms with Crippen LogP contribution in [0.1, 0.15) is 25.0 Å². The van der Waals surface area contributed by atoms with E-state index in [0.717, 1.165) is 0 Å². The second kappa shape index (κ2) is 5.36. The number of benzene rings is 1. The summed E-state index contributed by atoms with van der Waals surface area (Å²) in [6.07, 6.45) is -10.1. The predicted molar refractivity (Wildman–Crippen MR) is 53.9 cm³/mol. The van der Waals surface area contributed by atoms with Gasteiger partial charge in [0.05, 0.1) is 16.8 Å². The van der Waals surface area contributed by atoms with Gasteiger partial charge in [0.1, 0.15) is 0 Å². The van der Waals surface area contributed by atoms with E-state index in [0.29, 0.717) is 0 Å². The number of anilines is 1. The van der Waals surface area contributed by atoms with Crippen LogP contribution in [0.25, 0.3) is 0 Å². The van der Waals surface area contributed by atoms with Crippen molar-refractivity contribution >= 4 is 5.69 Å². The maximum Gasteiger partial charge on any atom is 0.420 e. The highest BCUT2D eigenvalue weighted by atomic mass is 19.4. The zero-order chi connectivity index (χ0) is 14.7. The van der Waals surface area contributed by atoms with Gasteiger partial charge in [0.15, 0.2) is 5.75 Å². The fourth-order valence-corrected chi connectivity index (χ4v) is 1.04. The number of hydrogen-bond acceptors (Lipinski definition) is 2. The first kappa shape index (κ1) is 16.4. The highest BCUT2D eigenvalue weighted by Crippen LogP contribution is 2.42. The van der Waals surface area contributed by atoms with Gasteiger partial charge in [-0.15, -0.1) is 0 Å². The van der Waals surface area contributed by atoms with Crippen LogP contribution in [-0.2, 0) is 12.4 Å². The maximum atomic E-state index is 12.2. The molecule has 0 heterocycles. The highest BCUT2D eigenvalue weighted by Gasteiger charge is 2.39. The molecule has 1 aromatic rings. The minimum absolute atomic E-state index is 0.189. The van der Waals surface area contributed by atoms with Crippen LogP contribution in [0.4, 0.5) is 32.0 Å². The van der Waals surface area contributed by atoms with Gasteiger partial charge in [0.25, 0.3) is 0 Å². The molecule has 0 spiro atoms. The van der Waals surface area contributed by atoms with Crippen molar-refractivity contribution in [3.63, 3.8) is 0 Å². The third-order valence-electron chi connectivity index (χ3n) is 1.77. The number of alkyl halides is 6. The van der Waals surface area contributed by atoms with E-state index in [1.807, 2.05) is 13.8 Å². The Hall–Kier alpha value is -1.60. The fourth-order valence-electron chi connectivity index (χ4n) is 1.04. The predicted octanol–water partition coefficient (Wildman–Crippen LogP) is 4.04. The van der Waals surface area contributed by atoms with E-state index < -0.39 is 34.9 Å². The summed E-state index contributed by atoms with van der Waals surface area (Å²) >= 11 is 0. The number of rotatable bonds is 0. The number of nitrogens with two attached hydrogens (primary N) is 1. The van der Waals surface area contributed by atoms with Gasteiger partial charge in [-0.2, -0.15) is 26.3 Å². The number of nitrogen functional groups attached to an aromatic ring is 1. The Bertz CT molecular complexity index is 410. The number of hydrogen-bond donors (Lipinski definition) is 2. The molecule has 18 heavy (non-hydrogen) atoms. The Balaban J connectivity index is 0.00000137. The largest absolute Gasteiger partial charge is 0.505 e. The normalized spacial score (nSPS) is 11.8. The lowest BCUT2D eigenvalue weighted by Gasteiger charge is -2.14. The lowest BCUT2D eigenvalue weighted by Crippen LogP contribution is -2.12. The molecule has 0 unspecified atom stereocenters. The average molecular weight is 275 g/mol. The molecular weight excluding hydrogens is 264 g/mol. The first-order valence-corrected chi connectivity index (χ1v) is 4.80. The zero-order valence-electron chi connectivity index (χ0n) is 9.45. The minimum atomic E-state index is -5.10. The van der Waals surface area contributed by atoms with E-state index in [4.69, 9.17) is 10.8 Å². The molecular formula is C10H11F6NO. The molecule has 0 aliphatic rings. The first-order valence-electron chi connectivity index (χ1n) is 4.80. The van der Waals surface area contributed by atoms with Crippen LogP contribution in [0.15, 0.2) is 12.1 Å². The SMILES string of the molecule is CC.Nc1cc(C(F)(F)F)cc(C(F)(F)F)c1O. The second-order valence-electron chi connectivity index (χ2n) is 2.96. The summed E-state index contributed by atoms with van der Waals surface area (Å²) in [6, 6.07) is 0.0519. The lowest BCUT2D eigenvalue weighted by atomic mass is 10.1. The summed E-state index contributed by atoms with van der Waals surface area (Å²) < 4.78 is 73.1. The van der Waals surface area contributed by atoms with Gasteiger partial charge in [0.2, 0.25) is 0 Å². The van der Waals surface area contributed by atoms with Gasteiger partial charge in [-0.1, -0.05) is 13.8 Å². The molecule has 0 radical (unpaired) electrons. The van der Waals surface area contributed by atoms with Crippen molar-refractivity contribution in [2.24, 2.45) is 0 Å². The van der Waals surface area contributed by atoms with Crippen molar-refractivity contribution < 1.29 is 31.4 Å². The van der Waals surface area contributed by atoms with E-state index >= 15 is 0 Å². The Labute approximate surface area is 99.0 Å². The average Bonchev–Trinajstić information content (AvgIpc) is 2.21. The van der Waals surface area contributed by atoms with Gasteiger partial charge in [-0.05, 0) is 12.1 Å². The molecule has 8 heteroatoms. The lowest BCUT2D eigenvalue weighted by molar-refractivity contribution is -0.143. The Morgan fingerprint density at radius 3 is 1.72 bits per heavy atom. The number of aromatic hydroxyl groups is 1. The molecule has 0 saturated heterocycles. The summed E-state index contributed by atoms with van der Waals surface area (Å²) in [5.74, 6) is -1.40. The Kier molecular flexibility index (Phi) is 4.89. The van der Waals surface area contributed by atoms with Crippen molar-refractivity contribution in [2.75, 3.05) is 5.73 Å². The topological polar surface area (TPSA) is 46.2 Å². The van der Waals surface area contributed by atoms with Crippen LogP contribution in [0.3, 0.4) is 0 Å². The standard InChI is InChI=1S/C8H5F6NO.C2H6/c9-7(10,11)3-1-4(8(12,13)14)6(16)5(15)2-3;1-2/h1-2,16H,15H2;1-2H3. The van der Waals surface area contributed by atoms with E-state index in [1.54, 1.807) is 0 Å². The number of phenolic OH excluding ortho intramolecular Hbond substituents is 1. The molecule has 0 fully saturated rings. The minimum Gasteiger partial charge on any atom is -0.505 e. The molecule has 1 rings (SSSR count). The molecule has 0 bridgehead atoms. The summed E-state index contributed by atoms with van der Waals surface area (Å²) in [7, 11) is 0. The molecule has 0 amide bonds. The summed E-state index contributed by atoms with van der Waals surface area (Å²) in [5.41, 5.74) is 0.529. The Morgan fingerprint density at radius 2 is 1.39 bits per heavy atom. The molecule has 0 saturated carbocycles. The molecule has 2 nitrogen and oxygen atoms in total. The Morgan fingerprint density at radius 1 is 0.944 bits per heavy atom. The van der Waals surface area contributed by atoms with Crippen LogP contribution < -0.4 is 5.73 Å². The highest BCUT2D eigenvalue weighted by molar-refractivity contribution is 5.59. The van der Waals surface area contributed by atoms with E-state index in [9.17, 15) is 26.3 Å². The van der Waals surface area contributed by atoms with Crippen molar-refractivity contribution in [3.05, 3.63) is 23.3 Å². The molecule has 0 aliphatic carbocycles. The fraction of sp³-hybridized carbons (Fsp3) is 0.400. The van der Waals surface area contributed by atoms with Crippen LogP contribution in [-0.4, -0.2) is 5.11 Å². The van der Waals surface area contributed by atoms with E-state index in [1.165, 1.54) is 0 Å². The maximum absolute atomic E-state index is 12.2. The van der Waals surface area contributed by atoms with Crippen LogP contribution >= 0.6 is 0 Å². The molecule has 0 aromatic heterocycles. The van der Waals surface area contributed by atoms with Crippen LogP contribution in [0.5, 0.6) is 5.75 Å². The van der Waals surface area contributed by atoms with Crippen molar-refractivity contribution in [3.8, 4) is 5.75 Å². The summed E-state index contributed by atoms with van der Waals surface area (Å²) in [5, 5.41) is 8.91. The molecule has 0 aliphatic heterocycles. The quantitative estimate of drug-likeness (QED) is 0.426. The third kappa shape index (κ3) is 3.71. The molecule has 0 atom stereocenters. The van der Waals surface area contributed by atoms with Crippen molar-refractivity contribution in [1.82, 2.24) is 0 Å². The van der Waals surface area contributed by atoms with E-state index in [-0.39, 0.29) is 12.1 Å². The van der Waals surface area contributed by atoms with Crippen LogP contribution in [0.2, 0.25) is 0 Å². The molecule has 3 N–H and O–H groups in total. The molecule has 1 aromatic carbocycles.